The normalized spacial score (nSPS) is 21.0. The van der Waals surface area contributed by atoms with Crippen LogP contribution < -0.4 is 10.6 Å². The molecule has 2 aromatic carbocycles. The summed E-state index contributed by atoms with van der Waals surface area (Å²) >= 11 is 3.26. The summed E-state index contributed by atoms with van der Waals surface area (Å²) < 4.78 is -0.480. The van der Waals surface area contributed by atoms with Crippen LogP contribution in [-0.2, 0) is 16.0 Å². The average molecular weight is 498 g/mol. The van der Waals surface area contributed by atoms with Crippen molar-refractivity contribution in [2.75, 3.05) is 18.6 Å². The van der Waals surface area contributed by atoms with Crippen molar-refractivity contribution in [3.63, 3.8) is 0 Å². The van der Waals surface area contributed by atoms with Crippen molar-refractivity contribution in [3.8, 4) is 0 Å². The number of thioether (sulfide) groups is 2. The number of carbonyl (C=O) groups is 3. The molecule has 2 aromatic rings. The van der Waals surface area contributed by atoms with E-state index in [0.29, 0.717) is 18.5 Å². The van der Waals surface area contributed by atoms with E-state index < -0.39 is 16.8 Å². The molecule has 3 atom stereocenters. The molecular weight excluding hydrogens is 466 g/mol. The first-order chi connectivity index (χ1) is 16.3. The van der Waals surface area contributed by atoms with Gasteiger partial charge in [-0.15, -0.1) is 11.8 Å². The van der Waals surface area contributed by atoms with Crippen molar-refractivity contribution in [2.24, 2.45) is 0 Å². The van der Waals surface area contributed by atoms with Crippen molar-refractivity contribution < 1.29 is 14.4 Å². The van der Waals surface area contributed by atoms with Gasteiger partial charge in [0, 0.05) is 16.9 Å². The van der Waals surface area contributed by atoms with Gasteiger partial charge in [-0.1, -0.05) is 48.5 Å². The largest absolute Gasteiger partial charge is 0.354 e. The summed E-state index contributed by atoms with van der Waals surface area (Å²) in [6.07, 6.45) is 3.24. The highest BCUT2D eigenvalue weighted by atomic mass is 32.2. The molecule has 2 aliphatic heterocycles. The van der Waals surface area contributed by atoms with E-state index in [-0.39, 0.29) is 23.1 Å². The molecule has 6 nitrogen and oxygen atoms in total. The highest BCUT2D eigenvalue weighted by Crippen LogP contribution is 2.56. The van der Waals surface area contributed by atoms with E-state index in [1.54, 1.807) is 28.4 Å². The van der Waals surface area contributed by atoms with E-state index in [1.165, 1.54) is 0 Å². The fourth-order valence-corrected chi connectivity index (χ4v) is 6.72. The van der Waals surface area contributed by atoms with E-state index >= 15 is 0 Å². The SMILES string of the molecule is CSCC[C@H](NC(=O)[C@H]1N2C(=O)c3ccccc3[C@@H]2SC1(C)C)C(=O)NCCc1ccccc1. The lowest BCUT2D eigenvalue weighted by Crippen LogP contribution is -2.57. The number of carbonyl (C=O) groups excluding carboxylic acids is 3. The zero-order valence-corrected chi connectivity index (χ0v) is 21.4. The van der Waals surface area contributed by atoms with E-state index in [4.69, 9.17) is 0 Å². The summed E-state index contributed by atoms with van der Waals surface area (Å²) in [7, 11) is 0. The topological polar surface area (TPSA) is 78.5 Å². The number of benzene rings is 2. The first-order valence-corrected chi connectivity index (χ1v) is 13.8. The molecule has 2 aliphatic rings. The molecule has 2 heterocycles. The summed E-state index contributed by atoms with van der Waals surface area (Å²) in [5.41, 5.74) is 2.76. The number of hydrogen-bond acceptors (Lipinski definition) is 5. The minimum absolute atomic E-state index is 0.119. The minimum atomic E-state index is -0.656. The summed E-state index contributed by atoms with van der Waals surface area (Å²) in [6, 6.07) is 16.2. The predicted octanol–water partition coefficient (Wildman–Crippen LogP) is 3.63. The Morgan fingerprint density at radius 3 is 2.56 bits per heavy atom. The fraction of sp³-hybridized carbons (Fsp3) is 0.423. The van der Waals surface area contributed by atoms with E-state index in [0.717, 1.165) is 23.3 Å². The van der Waals surface area contributed by atoms with Gasteiger partial charge in [-0.2, -0.15) is 11.8 Å². The maximum atomic E-state index is 13.6. The predicted molar refractivity (Wildman–Crippen MR) is 139 cm³/mol. The molecule has 3 amide bonds. The number of amides is 3. The molecule has 0 saturated carbocycles. The van der Waals surface area contributed by atoms with Crippen molar-refractivity contribution >= 4 is 41.2 Å². The van der Waals surface area contributed by atoms with Crippen molar-refractivity contribution in [3.05, 3.63) is 71.3 Å². The molecule has 0 aliphatic carbocycles. The Balaban J connectivity index is 1.45. The monoisotopic (exact) mass is 497 g/mol. The second-order valence-electron chi connectivity index (χ2n) is 9.15. The molecular formula is C26H31N3O3S2. The van der Waals surface area contributed by atoms with Crippen LogP contribution in [0.25, 0.3) is 0 Å². The second kappa shape index (κ2) is 10.4. The fourth-order valence-electron chi connectivity index (χ4n) is 4.66. The van der Waals surface area contributed by atoms with Crippen LogP contribution in [0, 0.1) is 0 Å². The standard InChI is InChI=1S/C26H31N3O3S2/c1-26(2)21(29-24(32)18-11-7-8-12-19(18)25(29)34-26)23(31)28-20(14-16-33-3)22(30)27-15-13-17-9-5-4-6-10-17/h4-12,20-21,25H,13-16H2,1-3H3,(H,27,30)(H,28,31)/t20-,21+,25-/m0/s1. The summed E-state index contributed by atoms with van der Waals surface area (Å²) in [6.45, 7) is 4.49. The summed E-state index contributed by atoms with van der Waals surface area (Å²) in [5, 5.41) is 5.78. The van der Waals surface area contributed by atoms with Crippen molar-refractivity contribution in [2.45, 2.75) is 48.9 Å². The first kappa shape index (κ1) is 24.7. The Kier molecular flexibility index (Phi) is 7.57. The third-order valence-corrected chi connectivity index (χ3v) is 8.52. The Hall–Kier alpha value is -2.45. The Morgan fingerprint density at radius 2 is 1.82 bits per heavy atom. The molecule has 0 radical (unpaired) electrons. The maximum Gasteiger partial charge on any atom is 0.256 e. The van der Waals surface area contributed by atoms with Gasteiger partial charge in [0.05, 0.1) is 0 Å². The molecule has 0 spiro atoms. The van der Waals surface area contributed by atoms with Gasteiger partial charge < -0.3 is 15.5 Å². The van der Waals surface area contributed by atoms with Gasteiger partial charge >= 0.3 is 0 Å². The van der Waals surface area contributed by atoms with Gasteiger partial charge in [0.25, 0.3) is 5.91 Å². The number of nitrogens with one attached hydrogen (secondary N) is 2. The van der Waals surface area contributed by atoms with Crippen LogP contribution in [0.2, 0.25) is 0 Å². The number of hydrogen-bond donors (Lipinski definition) is 2. The molecule has 1 fully saturated rings. The molecule has 180 valence electrons. The smallest absolute Gasteiger partial charge is 0.256 e. The third kappa shape index (κ3) is 4.98. The number of nitrogens with zero attached hydrogens (tertiary/aromatic N) is 1. The highest BCUT2D eigenvalue weighted by Gasteiger charge is 2.57. The highest BCUT2D eigenvalue weighted by molar-refractivity contribution is 8.01. The van der Waals surface area contributed by atoms with Crippen LogP contribution >= 0.6 is 23.5 Å². The van der Waals surface area contributed by atoms with Gasteiger partial charge in [0.15, 0.2) is 0 Å². The molecule has 34 heavy (non-hydrogen) atoms. The zero-order chi connectivity index (χ0) is 24.3. The minimum Gasteiger partial charge on any atom is -0.354 e. The number of rotatable bonds is 9. The van der Waals surface area contributed by atoms with Crippen LogP contribution in [0.15, 0.2) is 54.6 Å². The van der Waals surface area contributed by atoms with Gasteiger partial charge in [0.2, 0.25) is 11.8 Å². The van der Waals surface area contributed by atoms with Crippen molar-refractivity contribution in [1.29, 1.82) is 0 Å². The van der Waals surface area contributed by atoms with Gasteiger partial charge in [0.1, 0.15) is 17.5 Å². The lowest BCUT2D eigenvalue weighted by molar-refractivity contribution is -0.131. The second-order valence-corrected chi connectivity index (χ2v) is 11.9. The Bertz CT molecular complexity index is 1060. The van der Waals surface area contributed by atoms with Crippen LogP contribution in [0.3, 0.4) is 0 Å². The first-order valence-electron chi connectivity index (χ1n) is 11.5. The Morgan fingerprint density at radius 1 is 1.12 bits per heavy atom. The molecule has 1 saturated heterocycles. The van der Waals surface area contributed by atoms with Crippen LogP contribution in [-0.4, -0.2) is 58.0 Å². The maximum absolute atomic E-state index is 13.6. The number of fused-ring (bicyclic) bond motifs is 3. The lowest BCUT2D eigenvalue weighted by Gasteiger charge is -2.31. The van der Waals surface area contributed by atoms with Crippen LogP contribution in [0.4, 0.5) is 0 Å². The molecule has 2 N–H and O–H groups in total. The van der Waals surface area contributed by atoms with Gasteiger partial charge in [-0.05, 0) is 55.9 Å². The quantitative estimate of drug-likeness (QED) is 0.553. The van der Waals surface area contributed by atoms with E-state index in [1.807, 2.05) is 74.7 Å². The van der Waals surface area contributed by atoms with E-state index in [9.17, 15) is 14.4 Å². The van der Waals surface area contributed by atoms with Crippen LogP contribution in [0.5, 0.6) is 0 Å². The van der Waals surface area contributed by atoms with Gasteiger partial charge in [-0.25, -0.2) is 0 Å². The summed E-state index contributed by atoms with van der Waals surface area (Å²) in [5.74, 6) is 0.169. The van der Waals surface area contributed by atoms with Crippen LogP contribution in [0.1, 0.15) is 47.1 Å². The van der Waals surface area contributed by atoms with Crippen molar-refractivity contribution in [1.82, 2.24) is 15.5 Å². The molecule has 0 aromatic heterocycles. The molecule has 8 heteroatoms. The zero-order valence-electron chi connectivity index (χ0n) is 19.7. The molecule has 0 bridgehead atoms. The molecule has 0 unspecified atom stereocenters. The molecule has 4 rings (SSSR count). The van der Waals surface area contributed by atoms with E-state index in [2.05, 4.69) is 10.6 Å². The lowest BCUT2D eigenvalue weighted by atomic mass is 10.00. The summed E-state index contributed by atoms with van der Waals surface area (Å²) in [4.78, 5) is 41.5. The third-order valence-electron chi connectivity index (χ3n) is 6.34. The Labute approximate surface area is 209 Å². The average Bonchev–Trinajstić information content (AvgIpc) is 3.26. The van der Waals surface area contributed by atoms with Gasteiger partial charge in [-0.3, -0.25) is 14.4 Å².